The number of rotatable bonds is 0. The van der Waals surface area contributed by atoms with Crippen molar-refractivity contribution >= 4 is 83.3 Å². The standard InChI is InChI=1S/2Ca.Fe.Mn.H3O4P.Zn.4H/c;;;;1-5(2,3)4;;;;;/h;;;;(H3,1,2,3,4);;;;;/q2*+2;;;;;4*-1. The fourth-order valence-corrected chi connectivity index (χ4v) is 0. The first-order valence-corrected chi connectivity index (χ1v) is 2.35. The van der Waals surface area contributed by atoms with Gasteiger partial charge in [-0.05, 0) is 0 Å². The van der Waals surface area contributed by atoms with Gasteiger partial charge >= 0.3 is 83.3 Å². The molecule has 10 heavy (non-hydrogen) atoms. The zero-order valence-corrected chi connectivity index (χ0v) is 15.6. The molecule has 57 valence electrons. The molecule has 1 radical (unpaired) electrons. The molecule has 0 amide bonds. The fraction of sp³-hybridized carbons (Fsp3) is 0. The summed E-state index contributed by atoms with van der Waals surface area (Å²) >= 11 is 0. The molecule has 0 saturated heterocycles. The van der Waals surface area contributed by atoms with E-state index in [1.807, 2.05) is 0 Å². The van der Waals surface area contributed by atoms with E-state index in [1.165, 1.54) is 0 Å². The van der Waals surface area contributed by atoms with E-state index in [-0.39, 0.29) is 135 Å². The van der Waals surface area contributed by atoms with E-state index in [0.717, 1.165) is 0 Å². The van der Waals surface area contributed by atoms with Crippen molar-refractivity contribution < 1.29 is 78.6 Å². The summed E-state index contributed by atoms with van der Waals surface area (Å²) in [6.07, 6.45) is 0. The molecule has 3 N–H and O–H groups in total. The maximum Gasteiger partial charge on any atom is 2.00 e. The predicted molar refractivity (Wildman–Crippen MR) is 30.2 cm³/mol. The van der Waals surface area contributed by atoms with Gasteiger partial charge in [0.1, 0.15) is 0 Å². The molecule has 4 nitrogen and oxygen atoms in total. The topological polar surface area (TPSA) is 77.8 Å². The largest absolute Gasteiger partial charge is 2.00 e. The van der Waals surface area contributed by atoms with Crippen molar-refractivity contribution in [2.75, 3.05) is 0 Å². The van der Waals surface area contributed by atoms with E-state index in [9.17, 15) is 0 Å². The summed E-state index contributed by atoms with van der Waals surface area (Å²) in [6.45, 7) is 0. The van der Waals surface area contributed by atoms with Gasteiger partial charge in [-0.1, -0.05) is 0 Å². The van der Waals surface area contributed by atoms with Gasteiger partial charge in [-0.25, -0.2) is 4.57 Å². The Balaban J connectivity index is -0.00000000222. The average molecular weight is 358 g/mol. The molecule has 0 aromatic carbocycles. The van der Waals surface area contributed by atoms with Gasteiger partial charge in [0.2, 0.25) is 0 Å². The van der Waals surface area contributed by atoms with Crippen molar-refractivity contribution in [3.8, 4) is 0 Å². The van der Waals surface area contributed by atoms with Crippen molar-refractivity contribution in [1.29, 1.82) is 0 Å². The van der Waals surface area contributed by atoms with Crippen LogP contribution in [0, 0.1) is 0 Å². The Hall–Kier alpha value is 4.29. The molecule has 0 rings (SSSR count). The molecule has 0 aliphatic carbocycles. The van der Waals surface area contributed by atoms with Crippen LogP contribution in [-0.2, 0) is 58.2 Å². The molecule has 0 fully saturated rings. The first kappa shape index (κ1) is 36.7. The molecular formula is H7Ca2FeMnO4PZn. The maximum atomic E-state index is 8.88. The molecule has 0 aromatic rings. The smallest absolute Gasteiger partial charge is 1.00 e. The summed E-state index contributed by atoms with van der Waals surface area (Å²) in [6, 6.07) is 0. The van der Waals surface area contributed by atoms with E-state index in [4.69, 9.17) is 19.2 Å². The van der Waals surface area contributed by atoms with Crippen LogP contribution >= 0.6 is 7.82 Å². The van der Waals surface area contributed by atoms with Crippen molar-refractivity contribution in [3.05, 3.63) is 0 Å². The van der Waals surface area contributed by atoms with E-state index in [0.29, 0.717) is 0 Å². The Morgan fingerprint density at radius 3 is 1.10 bits per heavy atom. The van der Waals surface area contributed by atoms with Gasteiger partial charge < -0.3 is 20.4 Å². The van der Waals surface area contributed by atoms with Crippen LogP contribution in [0.2, 0.25) is 0 Å². The van der Waals surface area contributed by atoms with Crippen LogP contribution in [0.15, 0.2) is 0 Å². The minimum Gasteiger partial charge on any atom is -1.00 e. The molecule has 0 atom stereocenters. The molecule has 0 aromatic heterocycles. The van der Waals surface area contributed by atoms with Crippen molar-refractivity contribution in [1.82, 2.24) is 0 Å². The van der Waals surface area contributed by atoms with Gasteiger partial charge in [0.25, 0.3) is 0 Å². The molecular weight excluding hydrogens is 351 g/mol. The second-order valence-corrected chi connectivity index (χ2v) is 1.54. The summed E-state index contributed by atoms with van der Waals surface area (Å²) in [5.41, 5.74) is 0. The monoisotopic (exact) mass is 357 g/mol. The van der Waals surface area contributed by atoms with Gasteiger partial charge in [0, 0.05) is 53.6 Å². The van der Waals surface area contributed by atoms with Crippen LogP contribution in [0.25, 0.3) is 0 Å². The second kappa shape index (κ2) is 19.0. The zero-order chi connectivity index (χ0) is 4.50. The van der Waals surface area contributed by atoms with Crippen molar-refractivity contribution in [3.63, 3.8) is 0 Å². The fourth-order valence-electron chi connectivity index (χ4n) is 0. The van der Waals surface area contributed by atoms with Crippen LogP contribution in [0.3, 0.4) is 0 Å². The summed E-state index contributed by atoms with van der Waals surface area (Å²) in [5.74, 6) is 0. The third kappa shape index (κ3) is 85.1. The van der Waals surface area contributed by atoms with Crippen LogP contribution in [0.4, 0.5) is 0 Å². The number of hydrogen-bond acceptors (Lipinski definition) is 1. The van der Waals surface area contributed by atoms with Gasteiger partial charge in [-0.3, -0.25) is 0 Å². The number of phosphoric acid groups is 1. The Kier molecular flexibility index (Phi) is 69.6. The number of hydrogen-bond donors (Lipinski definition) is 3. The van der Waals surface area contributed by atoms with E-state index in [2.05, 4.69) is 0 Å². The first-order chi connectivity index (χ1) is 2.00. The zero-order valence-electron chi connectivity index (χ0n) is 9.05. The van der Waals surface area contributed by atoms with Gasteiger partial charge in [-0.2, -0.15) is 0 Å². The molecule has 0 unspecified atom stereocenters. The van der Waals surface area contributed by atoms with E-state index < -0.39 is 7.82 Å². The normalized spacial score (nSPS) is 5.90. The minimum absolute atomic E-state index is 0. The molecule has 0 saturated carbocycles. The second-order valence-electron chi connectivity index (χ2n) is 0.513. The van der Waals surface area contributed by atoms with Crippen LogP contribution in [-0.4, -0.2) is 90.2 Å². The Morgan fingerprint density at radius 2 is 1.10 bits per heavy atom. The van der Waals surface area contributed by atoms with Gasteiger partial charge in [-0.15, -0.1) is 0 Å². The molecule has 10 heteroatoms. The summed E-state index contributed by atoms with van der Waals surface area (Å²) in [5, 5.41) is 0. The van der Waals surface area contributed by atoms with E-state index >= 15 is 0 Å². The van der Waals surface area contributed by atoms with Crippen LogP contribution < -0.4 is 0 Å². The summed E-state index contributed by atoms with van der Waals surface area (Å²) in [7, 11) is -4.64. The van der Waals surface area contributed by atoms with Gasteiger partial charge in [0.05, 0.1) is 0 Å². The average Bonchev–Trinajstić information content (AvgIpc) is 0.722. The molecule has 0 spiro atoms. The maximum absolute atomic E-state index is 8.88. The molecule has 0 heterocycles. The third-order valence-corrected chi connectivity index (χ3v) is 0. The SMILES string of the molecule is O=P(O)(O)O.[Ca+2].[Ca+2].[Fe].[H-].[H-].[H-].[H-].[Mn].[Zn]. The Bertz CT molecular complexity index is 81.5. The van der Waals surface area contributed by atoms with Crippen LogP contribution in [0.1, 0.15) is 5.71 Å². The molecule has 0 aliphatic heterocycles. The first-order valence-electron chi connectivity index (χ1n) is 0.783. The molecule has 0 bridgehead atoms. The third-order valence-electron chi connectivity index (χ3n) is 0. The Morgan fingerprint density at radius 1 is 1.10 bits per heavy atom. The summed E-state index contributed by atoms with van der Waals surface area (Å²) in [4.78, 5) is 21.6. The van der Waals surface area contributed by atoms with E-state index in [1.54, 1.807) is 0 Å². The van der Waals surface area contributed by atoms with Crippen molar-refractivity contribution in [2.24, 2.45) is 0 Å². The predicted octanol–water partition coefficient (Wildman–Crippen LogP) is -1.25. The van der Waals surface area contributed by atoms with Gasteiger partial charge in [0.15, 0.2) is 0 Å². The van der Waals surface area contributed by atoms with Crippen molar-refractivity contribution in [2.45, 2.75) is 0 Å². The summed E-state index contributed by atoms with van der Waals surface area (Å²) < 4.78 is 8.88. The Labute approximate surface area is 159 Å². The minimum atomic E-state index is -4.64. The van der Waals surface area contributed by atoms with Crippen LogP contribution in [0.5, 0.6) is 0 Å². The molecule has 0 aliphatic rings. The quantitative estimate of drug-likeness (QED) is 0.374.